The molecule has 0 bridgehead atoms. The second-order valence-electron chi connectivity index (χ2n) is 4.03. The normalized spacial score (nSPS) is 9.44. The number of esters is 1. The summed E-state index contributed by atoms with van der Waals surface area (Å²) in [7, 11) is 0. The minimum absolute atomic E-state index is 0.0793. The Balaban J connectivity index is 2.33. The molecule has 3 nitrogen and oxygen atoms in total. The quantitative estimate of drug-likeness (QED) is 0.571. The molecule has 0 aliphatic carbocycles. The molecule has 0 spiro atoms. The molecule has 0 unspecified atom stereocenters. The Morgan fingerprint density at radius 3 is 2.50 bits per heavy atom. The van der Waals surface area contributed by atoms with Crippen LogP contribution in [-0.2, 0) is 9.53 Å². The van der Waals surface area contributed by atoms with E-state index in [0.29, 0.717) is 12.4 Å². The van der Waals surface area contributed by atoms with Gasteiger partial charge in [-0.15, -0.1) is 0 Å². The highest BCUT2D eigenvalue weighted by Crippen LogP contribution is 2.12. The number of hydrogen-bond acceptors (Lipinski definition) is 3. The largest absolute Gasteiger partial charge is 0.482 e. The van der Waals surface area contributed by atoms with Crippen LogP contribution in [0.15, 0.2) is 42.5 Å². The van der Waals surface area contributed by atoms with Crippen molar-refractivity contribution in [1.82, 2.24) is 0 Å². The van der Waals surface area contributed by atoms with Crippen molar-refractivity contribution in [2.45, 2.75) is 13.8 Å². The van der Waals surface area contributed by atoms with Crippen LogP contribution < -0.4 is 4.74 Å². The molecule has 1 aromatic carbocycles. The van der Waals surface area contributed by atoms with Crippen molar-refractivity contribution in [1.29, 1.82) is 0 Å². The lowest BCUT2D eigenvalue weighted by molar-refractivity contribution is -0.144. The van der Waals surface area contributed by atoms with Crippen LogP contribution in [0.1, 0.15) is 19.4 Å². The molecule has 96 valence electrons. The fraction of sp³-hybridized carbons (Fsp3) is 0.267. The molecule has 0 aliphatic heterocycles. The van der Waals surface area contributed by atoms with E-state index in [1.807, 2.05) is 32.1 Å². The molecule has 0 atom stereocenters. The molecular weight excluding hydrogens is 228 g/mol. The van der Waals surface area contributed by atoms with Crippen molar-refractivity contribution in [2.75, 3.05) is 13.2 Å². The third-order valence-corrected chi connectivity index (χ3v) is 2.21. The number of carbonyl (C=O) groups is 1. The van der Waals surface area contributed by atoms with Gasteiger partial charge in [0.05, 0.1) is 0 Å². The molecule has 0 heterocycles. The molecule has 3 heteroatoms. The Bertz CT molecular complexity index is 426. The summed E-state index contributed by atoms with van der Waals surface area (Å²) in [5.41, 5.74) is 2.12. The van der Waals surface area contributed by atoms with E-state index in [0.717, 1.165) is 11.1 Å². The number of rotatable bonds is 6. The lowest BCUT2D eigenvalue weighted by Gasteiger charge is -2.06. The highest BCUT2D eigenvalue weighted by Gasteiger charge is 2.03. The fourth-order valence-corrected chi connectivity index (χ4v) is 1.19. The van der Waals surface area contributed by atoms with Gasteiger partial charge in [-0.25, -0.2) is 4.79 Å². The standard InChI is InChI=1S/C15H18O3/c1-4-13-5-7-14(8-6-13)18-11-15(16)17-10-9-12(2)3/h4-9H,1,10-11H2,2-3H3. The van der Waals surface area contributed by atoms with Gasteiger partial charge in [0.1, 0.15) is 12.4 Å². The van der Waals surface area contributed by atoms with Gasteiger partial charge in [0, 0.05) is 0 Å². The monoisotopic (exact) mass is 246 g/mol. The van der Waals surface area contributed by atoms with Gasteiger partial charge >= 0.3 is 5.97 Å². The maximum atomic E-state index is 11.3. The zero-order chi connectivity index (χ0) is 13.4. The number of ether oxygens (including phenoxy) is 2. The van der Waals surface area contributed by atoms with Crippen LogP contribution in [0.5, 0.6) is 5.75 Å². The molecule has 0 amide bonds. The Morgan fingerprint density at radius 1 is 1.28 bits per heavy atom. The molecule has 0 saturated heterocycles. The van der Waals surface area contributed by atoms with Gasteiger partial charge in [-0.1, -0.05) is 30.4 Å². The van der Waals surface area contributed by atoms with E-state index >= 15 is 0 Å². The maximum absolute atomic E-state index is 11.3. The summed E-state index contributed by atoms with van der Waals surface area (Å²) in [5.74, 6) is 0.264. The van der Waals surface area contributed by atoms with E-state index in [1.54, 1.807) is 18.2 Å². The fourth-order valence-electron chi connectivity index (χ4n) is 1.19. The van der Waals surface area contributed by atoms with E-state index in [2.05, 4.69) is 6.58 Å². The minimum atomic E-state index is -0.375. The van der Waals surface area contributed by atoms with Crippen LogP contribution in [0.3, 0.4) is 0 Å². The molecule has 1 aromatic rings. The third kappa shape index (κ3) is 5.34. The molecule has 1 rings (SSSR count). The predicted molar refractivity (Wildman–Crippen MR) is 72.4 cm³/mol. The zero-order valence-corrected chi connectivity index (χ0v) is 10.8. The highest BCUT2D eigenvalue weighted by molar-refractivity contribution is 5.71. The third-order valence-electron chi connectivity index (χ3n) is 2.21. The van der Waals surface area contributed by atoms with Crippen molar-refractivity contribution in [3.63, 3.8) is 0 Å². The van der Waals surface area contributed by atoms with Gasteiger partial charge in [0.2, 0.25) is 0 Å². The summed E-state index contributed by atoms with van der Waals surface area (Å²) in [6.45, 7) is 7.77. The molecule has 0 radical (unpaired) electrons. The predicted octanol–water partition coefficient (Wildman–Crippen LogP) is 3.22. The average Bonchev–Trinajstić information content (AvgIpc) is 2.36. The first kappa shape index (κ1) is 14.0. The van der Waals surface area contributed by atoms with Crippen LogP contribution in [0.25, 0.3) is 6.08 Å². The Labute approximate surface area is 108 Å². The van der Waals surface area contributed by atoms with Crippen LogP contribution in [0.2, 0.25) is 0 Å². The van der Waals surface area contributed by atoms with Crippen LogP contribution in [0, 0.1) is 0 Å². The molecule has 0 N–H and O–H groups in total. The molecular formula is C15H18O3. The van der Waals surface area contributed by atoms with Crippen molar-refractivity contribution in [3.8, 4) is 5.75 Å². The summed E-state index contributed by atoms with van der Waals surface area (Å²) in [6, 6.07) is 7.33. The second kappa shape index (κ2) is 7.33. The first-order chi connectivity index (χ1) is 8.61. The molecule has 0 aromatic heterocycles. The molecule has 18 heavy (non-hydrogen) atoms. The van der Waals surface area contributed by atoms with E-state index in [-0.39, 0.29) is 12.6 Å². The SMILES string of the molecule is C=Cc1ccc(OCC(=O)OCC=C(C)C)cc1. The number of hydrogen-bond donors (Lipinski definition) is 0. The van der Waals surface area contributed by atoms with Crippen LogP contribution >= 0.6 is 0 Å². The first-order valence-corrected chi connectivity index (χ1v) is 5.76. The van der Waals surface area contributed by atoms with Gasteiger partial charge in [0.15, 0.2) is 6.61 Å². The lowest BCUT2D eigenvalue weighted by atomic mass is 10.2. The number of allylic oxidation sites excluding steroid dienone is 1. The van der Waals surface area contributed by atoms with Gasteiger partial charge in [-0.2, -0.15) is 0 Å². The number of carbonyl (C=O) groups excluding carboxylic acids is 1. The Morgan fingerprint density at radius 2 is 1.94 bits per heavy atom. The van der Waals surface area contributed by atoms with Gasteiger partial charge in [-0.3, -0.25) is 0 Å². The number of benzene rings is 1. The summed E-state index contributed by atoms with van der Waals surface area (Å²) in [6.07, 6.45) is 3.59. The minimum Gasteiger partial charge on any atom is -0.482 e. The van der Waals surface area contributed by atoms with Crippen LogP contribution in [0.4, 0.5) is 0 Å². The maximum Gasteiger partial charge on any atom is 0.344 e. The van der Waals surface area contributed by atoms with Crippen molar-refractivity contribution < 1.29 is 14.3 Å². The molecule has 0 fully saturated rings. The molecule has 0 aliphatic rings. The zero-order valence-electron chi connectivity index (χ0n) is 10.8. The molecule has 0 saturated carbocycles. The van der Waals surface area contributed by atoms with Crippen molar-refractivity contribution in [3.05, 3.63) is 48.1 Å². The van der Waals surface area contributed by atoms with E-state index in [1.165, 1.54) is 0 Å². The Hall–Kier alpha value is -2.03. The topological polar surface area (TPSA) is 35.5 Å². The van der Waals surface area contributed by atoms with Gasteiger partial charge in [-0.05, 0) is 37.6 Å². The Kier molecular flexibility index (Phi) is 5.71. The van der Waals surface area contributed by atoms with Gasteiger partial charge in [0.25, 0.3) is 0 Å². The van der Waals surface area contributed by atoms with E-state index in [9.17, 15) is 4.79 Å². The average molecular weight is 246 g/mol. The van der Waals surface area contributed by atoms with Crippen LogP contribution in [-0.4, -0.2) is 19.2 Å². The summed E-state index contributed by atoms with van der Waals surface area (Å²) >= 11 is 0. The van der Waals surface area contributed by atoms with Gasteiger partial charge < -0.3 is 9.47 Å². The smallest absolute Gasteiger partial charge is 0.344 e. The lowest BCUT2D eigenvalue weighted by Crippen LogP contribution is -2.14. The first-order valence-electron chi connectivity index (χ1n) is 5.76. The second-order valence-corrected chi connectivity index (χ2v) is 4.03. The van der Waals surface area contributed by atoms with E-state index in [4.69, 9.17) is 9.47 Å². The summed E-state index contributed by atoms with van der Waals surface area (Å²) in [4.78, 5) is 11.3. The highest BCUT2D eigenvalue weighted by atomic mass is 16.6. The summed E-state index contributed by atoms with van der Waals surface area (Å²) in [5, 5.41) is 0. The van der Waals surface area contributed by atoms with Crippen molar-refractivity contribution in [2.24, 2.45) is 0 Å². The van der Waals surface area contributed by atoms with E-state index < -0.39 is 0 Å². The van der Waals surface area contributed by atoms with Crippen molar-refractivity contribution >= 4 is 12.0 Å². The summed E-state index contributed by atoms with van der Waals surface area (Å²) < 4.78 is 10.3.